The Balaban J connectivity index is 3.18. The molecule has 1 unspecified atom stereocenters. The first-order valence-electron chi connectivity index (χ1n) is 4.48. The maximum atomic E-state index is 10.6. The lowest BCUT2D eigenvalue weighted by Gasteiger charge is -2.12. The van der Waals surface area contributed by atoms with Gasteiger partial charge in [0.2, 0.25) is 0 Å². The summed E-state index contributed by atoms with van der Waals surface area (Å²) in [5.41, 5.74) is 0.946. The van der Waals surface area contributed by atoms with Crippen LogP contribution in [0.15, 0.2) is 18.2 Å². The Kier molecular flexibility index (Phi) is 4.08. The Morgan fingerprint density at radius 3 is 2.73 bits per heavy atom. The van der Waals surface area contributed by atoms with Crippen LogP contribution in [0.2, 0.25) is 0 Å². The van der Waals surface area contributed by atoms with Gasteiger partial charge in [-0.3, -0.25) is 10.1 Å². The fraction of sp³-hybridized carbons (Fsp3) is 0.400. The van der Waals surface area contributed by atoms with Gasteiger partial charge in [0.05, 0.1) is 12.0 Å². The van der Waals surface area contributed by atoms with E-state index in [9.17, 15) is 10.1 Å². The Labute approximate surface area is 96.5 Å². The van der Waals surface area contributed by atoms with E-state index in [4.69, 9.17) is 4.74 Å². The largest absolute Gasteiger partial charge is 0.496 e. The number of alkyl halides is 1. The van der Waals surface area contributed by atoms with Crippen LogP contribution in [0, 0.1) is 10.1 Å². The second-order valence-electron chi connectivity index (χ2n) is 3.24. The van der Waals surface area contributed by atoms with Crippen LogP contribution in [0.25, 0.3) is 0 Å². The number of methoxy groups -OCH3 is 1. The number of nitro benzene ring substituents is 1. The number of hydrogen-bond donors (Lipinski definition) is 0. The van der Waals surface area contributed by atoms with Gasteiger partial charge >= 0.3 is 0 Å². The van der Waals surface area contributed by atoms with Crippen LogP contribution in [0.4, 0.5) is 5.69 Å². The quantitative estimate of drug-likeness (QED) is 0.481. The van der Waals surface area contributed by atoms with Gasteiger partial charge in [-0.1, -0.05) is 22.9 Å². The van der Waals surface area contributed by atoms with E-state index >= 15 is 0 Å². The first kappa shape index (κ1) is 12.0. The van der Waals surface area contributed by atoms with Crippen molar-refractivity contribution in [3.63, 3.8) is 0 Å². The van der Waals surface area contributed by atoms with Gasteiger partial charge < -0.3 is 4.74 Å². The summed E-state index contributed by atoms with van der Waals surface area (Å²) in [6.45, 7) is 1.98. The van der Waals surface area contributed by atoms with Crippen LogP contribution in [0.1, 0.15) is 18.4 Å². The van der Waals surface area contributed by atoms with Crippen molar-refractivity contribution in [2.75, 3.05) is 12.4 Å². The van der Waals surface area contributed by atoms with Crippen LogP contribution < -0.4 is 4.74 Å². The van der Waals surface area contributed by atoms with Crippen molar-refractivity contribution in [1.29, 1.82) is 0 Å². The highest BCUT2D eigenvalue weighted by atomic mass is 79.9. The van der Waals surface area contributed by atoms with Crippen LogP contribution in [-0.4, -0.2) is 17.4 Å². The highest BCUT2D eigenvalue weighted by Crippen LogP contribution is 2.31. The molecule has 0 saturated heterocycles. The summed E-state index contributed by atoms with van der Waals surface area (Å²) in [5.74, 6) is 0.868. The second-order valence-corrected chi connectivity index (χ2v) is 3.89. The third-order valence-corrected chi connectivity index (χ3v) is 3.16. The number of hydrogen-bond acceptors (Lipinski definition) is 3. The second kappa shape index (κ2) is 5.11. The van der Waals surface area contributed by atoms with Gasteiger partial charge in [0, 0.05) is 23.0 Å². The van der Waals surface area contributed by atoms with E-state index in [-0.39, 0.29) is 11.6 Å². The molecule has 0 heterocycles. The smallest absolute Gasteiger partial charge is 0.269 e. The standard InChI is InChI=1S/C10H12BrNO3/c1-7(6-11)9-5-8(12(13)14)3-4-10(9)15-2/h3-5,7H,6H2,1-2H3. The van der Waals surface area contributed by atoms with Crippen LogP contribution >= 0.6 is 15.9 Å². The molecule has 0 fully saturated rings. The first-order valence-corrected chi connectivity index (χ1v) is 5.60. The fourth-order valence-corrected chi connectivity index (χ4v) is 1.65. The predicted molar refractivity (Wildman–Crippen MR) is 61.9 cm³/mol. The Bertz CT molecular complexity index is 368. The van der Waals surface area contributed by atoms with Gasteiger partial charge in [0.25, 0.3) is 5.69 Å². The molecule has 0 spiro atoms. The first-order chi connectivity index (χ1) is 7.10. The molecule has 4 nitrogen and oxygen atoms in total. The maximum absolute atomic E-state index is 10.6. The van der Waals surface area contributed by atoms with Gasteiger partial charge in [-0.15, -0.1) is 0 Å². The number of nitrogens with zero attached hydrogens (tertiary/aromatic N) is 1. The molecule has 1 aromatic carbocycles. The molecule has 0 bridgehead atoms. The monoisotopic (exact) mass is 273 g/mol. The fourth-order valence-electron chi connectivity index (χ4n) is 1.30. The molecule has 0 N–H and O–H groups in total. The van der Waals surface area contributed by atoms with Crippen molar-refractivity contribution in [3.8, 4) is 5.75 Å². The minimum absolute atomic E-state index is 0.0959. The average molecular weight is 274 g/mol. The Morgan fingerprint density at radius 2 is 2.27 bits per heavy atom. The third-order valence-electron chi connectivity index (χ3n) is 2.19. The van der Waals surface area contributed by atoms with E-state index in [2.05, 4.69) is 15.9 Å². The lowest BCUT2D eigenvalue weighted by molar-refractivity contribution is -0.384. The van der Waals surface area contributed by atoms with E-state index in [0.717, 1.165) is 10.9 Å². The van der Waals surface area contributed by atoms with Gasteiger partial charge in [-0.25, -0.2) is 0 Å². The molecule has 15 heavy (non-hydrogen) atoms. The van der Waals surface area contributed by atoms with E-state index in [0.29, 0.717) is 5.75 Å². The zero-order valence-corrected chi connectivity index (χ0v) is 10.2. The summed E-state index contributed by atoms with van der Waals surface area (Å²) >= 11 is 3.35. The van der Waals surface area contributed by atoms with Gasteiger partial charge in [0.15, 0.2) is 0 Å². The summed E-state index contributed by atoms with van der Waals surface area (Å²) in [5, 5.41) is 11.4. The van der Waals surface area contributed by atoms with E-state index in [1.807, 2.05) is 6.92 Å². The SMILES string of the molecule is COc1ccc([N+](=O)[O-])cc1C(C)CBr. The molecule has 0 aliphatic carbocycles. The molecule has 0 aliphatic rings. The van der Waals surface area contributed by atoms with E-state index in [1.54, 1.807) is 19.2 Å². The van der Waals surface area contributed by atoms with Crippen molar-refractivity contribution in [2.45, 2.75) is 12.8 Å². The number of halogens is 1. The molecule has 1 atom stereocenters. The molecule has 1 aromatic rings. The van der Waals surface area contributed by atoms with Crippen LogP contribution in [0.3, 0.4) is 0 Å². The van der Waals surface area contributed by atoms with Gasteiger partial charge in [-0.2, -0.15) is 0 Å². The minimum Gasteiger partial charge on any atom is -0.496 e. The van der Waals surface area contributed by atoms with Crippen LogP contribution in [-0.2, 0) is 0 Å². The van der Waals surface area contributed by atoms with Crippen molar-refractivity contribution >= 4 is 21.6 Å². The lowest BCUT2D eigenvalue weighted by Crippen LogP contribution is -2.00. The average Bonchev–Trinajstić information content (AvgIpc) is 2.27. The van der Waals surface area contributed by atoms with Gasteiger partial charge in [-0.05, 0) is 12.0 Å². The number of ether oxygens (including phenoxy) is 1. The summed E-state index contributed by atoms with van der Waals surface area (Å²) in [6.07, 6.45) is 0. The molecule has 5 heteroatoms. The molecule has 82 valence electrons. The molecule has 0 radical (unpaired) electrons. The highest BCUT2D eigenvalue weighted by Gasteiger charge is 2.15. The zero-order valence-electron chi connectivity index (χ0n) is 8.57. The normalized spacial score (nSPS) is 12.2. The third kappa shape index (κ3) is 2.68. The van der Waals surface area contributed by atoms with Crippen molar-refractivity contribution in [3.05, 3.63) is 33.9 Å². The number of non-ortho nitro benzene ring substituents is 1. The number of rotatable bonds is 4. The molecule has 0 aromatic heterocycles. The maximum Gasteiger partial charge on any atom is 0.269 e. The van der Waals surface area contributed by atoms with E-state index in [1.165, 1.54) is 6.07 Å². The summed E-state index contributed by atoms with van der Waals surface area (Å²) in [7, 11) is 1.56. The molecular weight excluding hydrogens is 262 g/mol. The predicted octanol–water partition coefficient (Wildman–Crippen LogP) is 3.10. The molecule has 1 rings (SSSR count). The summed E-state index contributed by atoms with van der Waals surface area (Å²) < 4.78 is 5.16. The van der Waals surface area contributed by atoms with Gasteiger partial charge in [0.1, 0.15) is 5.75 Å². The minimum atomic E-state index is -0.399. The topological polar surface area (TPSA) is 52.4 Å². The van der Waals surface area contributed by atoms with Crippen molar-refractivity contribution in [1.82, 2.24) is 0 Å². The molecule has 0 saturated carbocycles. The van der Waals surface area contributed by atoms with Crippen molar-refractivity contribution < 1.29 is 9.66 Å². The Hall–Kier alpha value is -1.10. The lowest BCUT2D eigenvalue weighted by atomic mass is 10.0. The van der Waals surface area contributed by atoms with Crippen LogP contribution in [0.5, 0.6) is 5.75 Å². The molecular formula is C10H12BrNO3. The van der Waals surface area contributed by atoms with E-state index < -0.39 is 4.92 Å². The number of nitro groups is 1. The molecule has 0 amide bonds. The number of benzene rings is 1. The zero-order chi connectivity index (χ0) is 11.4. The summed E-state index contributed by atoms with van der Waals surface area (Å²) in [6, 6.07) is 4.64. The Morgan fingerprint density at radius 1 is 1.60 bits per heavy atom. The highest BCUT2D eigenvalue weighted by molar-refractivity contribution is 9.09. The molecule has 0 aliphatic heterocycles. The van der Waals surface area contributed by atoms with Crippen molar-refractivity contribution in [2.24, 2.45) is 0 Å². The summed E-state index contributed by atoms with van der Waals surface area (Å²) in [4.78, 5) is 10.2.